The van der Waals surface area contributed by atoms with Crippen LogP contribution in [0.15, 0.2) is 28.9 Å². The minimum absolute atomic E-state index is 0.494. The molecule has 1 amide bonds. The number of benzene rings is 1. The molecule has 0 spiro atoms. The lowest BCUT2D eigenvalue weighted by atomic mass is 10.3. The minimum atomic E-state index is -0.863. The van der Waals surface area contributed by atoms with Gasteiger partial charge in [-0.15, -0.1) is 0 Å². The number of fused-ring (bicyclic) bond motifs is 1. The van der Waals surface area contributed by atoms with Crippen molar-refractivity contribution in [2.75, 3.05) is 31.1 Å². The van der Waals surface area contributed by atoms with E-state index < -0.39 is 6.09 Å². The van der Waals surface area contributed by atoms with Crippen LogP contribution in [0.3, 0.4) is 0 Å². The van der Waals surface area contributed by atoms with Crippen LogP contribution >= 0.6 is 15.9 Å². The summed E-state index contributed by atoms with van der Waals surface area (Å²) in [6.07, 6.45) is 0.880. The first-order valence-electron chi connectivity index (χ1n) is 6.28. The summed E-state index contributed by atoms with van der Waals surface area (Å²) in [7, 11) is 0. The molecule has 0 saturated carbocycles. The molecule has 1 fully saturated rings. The number of piperazine rings is 1. The number of rotatable bonds is 1. The molecule has 1 aromatic carbocycles. The first-order valence-corrected chi connectivity index (χ1v) is 7.08. The molecule has 1 aliphatic rings. The molecule has 2 aromatic rings. The van der Waals surface area contributed by atoms with Crippen molar-refractivity contribution in [1.82, 2.24) is 14.9 Å². The Bertz CT molecular complexity index is 656. The molecule has 1 N–H and O–H groups in total. The summed E-state index contributed by atoms with van der Waals surface area (Å²) in [5.41, 5.74) is 1.68. The van der Waals surface area contributed by atoms with Crippen LogP contribution in [0.2, 0.25) is 0 Å². The lowest BCUT2D eigenvalue weighted by Crippen LogP contribution is -2.48. The Morgan fingerprint density at radius 3 is 2.65 bits per heavy atom. The monoisotopic (exact) mass is 336 g/mol. The third-order valence-electron chi connectivity index (χ3n) is 3.37. The van der Waals surface area contributed by atoms with Gasteiger partial charge in [-0.3, -0.25) is 4.98 Å². The van der Waals surface area contributed by atoms with Crippen LogP contribution in [0, 0.1) is 0 Å². The largest absolute Gasteiger partial charge is 0.465 e. The second-order valence-corrected chi connectivity index (χ2v) is 5.53. The van der Waals surface area contributed by atoms with Gasteiger partial charge in [0, 0.05) is 30.7 Å². The maximum atomic E-state index is 10.9. The molecule has 0 unspecified atom stereocenters. The average molecular weight is 337 g/mol. The highest BCUT2D eigenvalue weighted by molar-refractivity contribution is 9.10. The summed E-state index contributed by atoms with van der Waals surface area (Å²) >= 11 is 3.42. The summed E-state index contributed by atoms with van der Waals surface area (Å²) < 4.78 is 0.965. The molecular formula is C13H13BrN4O2. The number of hydrogen-bond acceptors (Lipinski definition) is 4. The van der Waals surface area contributed by atoms with E-state index in [9.17, 15) is 4.79 Å². The number of amides is 1. The summed E-state index contributed by atoms with van der Waals surface area (Å²) in [5.74, 6) is 0.792. The summed E-state index contributed by atoms with van der Waals surface area (Å²) in [4.78, 5) is 23.4. The van der Waals surface area contributed by atoms with Gasteiger partial charge in [0.15, 0.2) is 0 Å². The lowest BCUT2D eigenvalue weighted by Gasteiger charge is -2.33. The number of halogens is 1. The van der Waals surface area contributed by atoms with Crippen LogP contribution < -0.4 is 4.90 Å². The molecule has 1 aliphatic heterocycles. The number of anilines is 1. The Kier molecular flexibility index (Phi) is 3.43. The highest BCUT2D eigenvalue weighted by Crippen LogP contribution is 2.20. The van der Waals surface area contributed by atoms with Gasteiger partial charge in [0.25, 0.3) is 0 Å². The van der Waals surface area contributed by atoms with Gasteiger partial charge in [-0.25, -0.2) is 9.78 Å². The molecule has 0 atom stereocenters. The third kappa shape index (κ3) is 2.53. The van der Waals surface area contributed by atoms with E-state index in [1.165, 1.54) is 4.90 Å². The van der Waals surface area contributed by atoms with Gasteiger partial charge in [-0.2, -0.15) is 0 Å². The first kappa shape index (κ1) is 13.1. The Morgan fingerprint density at radius 1 is 1.20 bits per heavy atom. The smallest absolute Gasteiger partial charge is 0.407 e. The SMILES string of the molecule is O=C(O)N1CCN(c2cnc3ccc(Br)cc3n2)CC1. The number of aromatic nitrogens is 2. The molecule has 0 radical (unpaired) electrons. The van der Waals surface area contributed by atoms with Gasteiger partial charge in [0.05, 0.1) is 17.2 Å². The van der Waals surface area contributed by atoms with Crippen molar-refractivity contribution >= 4 is 38.9 Å². The molecule has 7 heteroatoms. The van der Waals surface area contributed by atoms with Crippen LogP contribution in [0.25, 0.3) is 11.0 Å². The van der Waals surface area contributed by atoms with Gasteiger partial charge in [-0.05, 0) is 18.2 Å². The van der Waals surface area contributed by atoms with E-state index in [1.54, 1.807) is 6.20 Å². The average Bonchev–Trinajstić information content (AvgIpc) is 2.46. The van der Waals surface area contributed by atoms with E-state index in [0.717, 1.165) is 21.3 Å². The van der Waals surface area contributed by atoms with E-state index in [0.29, 0.717) is 26.2 Å². The molecule has 6 nitrogen and oxygen atoms in total. The van der Waals surface area contributed by atoms with Crippen molar-refractivity contribution in [2.45, 2.75) is 0 Å². The predicted molar refractivity (Wildman–Crippen MR) is 79.0 cm³/mol. The second kappa shape index (κ2) is 5.24. The zero-order chi connectivity index (χ0) is 14.1. The van der Waals surface area contributed by atoms with Gasteiger partial charge in [-0.1, -0.05) is 15.9 Å². The van der Waals surface area contributed by atoms with E-state index >= 15 is 0 Å². The fraction of sp³-hybridized carbons (Fsp3) is 0.308. The summed E-state index contributed by atoms with van der Waals surface area (Å²) in [6, 6.07) is 5.78. The van der Waals surface area contributed by atoms with E-state index in [4.69, 9.17) is 5.11 Å². The van der Waals surface area contributed by atoms with Crippen LogP contribution in [0.5, 0.6) is 0 Å². The molecular weight excluding hydrogens is 324 g/mol. The summed E-state index contributed by atoms with van der Waals surface area (Å²) in [6.45, 7) is 2.27. The second-order valence-electron chi connectivity index (χ2n) is 4.62. The van der Waals surface area contributed by atoms with Crippen molar-refractivity contribution in [3.05, 3.63) is 28.9 Å². The maximum absolute atomic E-state index is 10.9. The van der Waals surface area contributed by atoms with Crippen molar-refractivity contribution < 1.29 is 9.90 Å². The number of carbonyl (C=O) groups is 1. The van der Waals surface area contributed by atoms with Gasteiger partial charge in [0.1, 0.15) is 5.82 Å². The van der Waals surface area contributed by atoms with Gasteiger partial charge in [0.2, 0.25) is 0 Å². The molecule has 1 aromatic heterocycles. The van der Waals surface area contributed by atoms with E-state index in [2.05, 4.69) is 30.8 Å². The van der Waals surface area contributed by atoms with E-state index in [1.807, 2.05) is 18.2 Å². The van der Waals surface area contributed by atoms with Crippen LogP contribution in [-0.4, -0.2) is 52.2 Å². The molecule has 2 heterocycles. The quantitative estimate of drug-likeness (QED) is 0.864. The molecule has 0 aliphatic carbocycles. The third-order valence-corrected chi connectivity index (χ3v) is 3.86. The molecule has 3 rings (SSSR count). The Hall–Kier alpha value is -1.89. The van der Waals surface area contributed by atoms with Crippen LogP contribution in [-0.2, 0) is 0 Å². The molecule has 1 saturated heterocycles. The standard InChI is InChI=1S/C13H13BrN4O2/c14-9-1-2-10-11(7-9)16-12(8-15-10)17-3-5-18(6-4-17)13(19)20/h1-2,7-8H,3-6H2,(H,19,20). The zero-order valence-corrected chi connectivity index (χ0v) is 12.2. The first-order chi connectivity index (χ1) is 9.63. The van der Waals surface area contributed by atoms with Crippen LogP contribution in [0.1, 0.15) is 0 Å². The lowest BCUT2D eigenvalue weighted by molar-refractivity contribution is 0.142. The van der Waals surface area contributed by atoms with Crippen molar-refractivity contribution in [3.63, 3.8) is 0 Å². The Balaban J connectivity index is 1.82. The highest BCUT2D eigenvalue weighted by Gasteiger charge is 2.21. The number of hydrogen-bond donors (Lipinski definition) is 1. The Morgan fingerprint density at radius 2 is 1.95 bits per heavy atom. The van der Waals surface area contributed by atoms with Gasteiger partial charge < -0.3 is 14.9 Å². The van der Waals surface area contributed by atoms with Gasteiger partial charge >= 0.3 is 6.09 Å². The van der Waals surface area contributed by atoms with Crippen molar-refractivity contribution in [3.8, 4) is 0 Å². The minimum Gasteiger partial charge on any atom is -0.465 e. The Labute approximate surface area is 124 Å². The predicted octanol–water partition coefficient (Wildman–Crippen LogP) is 2.19. The fourth-order valence-corrected chi connectivity index (χ4v) is 2.60. The number of carboxylic acid groups (broad SMARTS) is 1. The maximum Gasteiger partial charge on any atom is 0.407 e. The van der Waals surface area contributed by atoms with Crippen LogP contribution in [0.4, 0.5) is 10.6 Å². The molecule has 20 heavy (non-hydrogen) atoms. The summed E-state index contributed by atoms with van der Waals surface area (Å²) in [5, 5.41) is 8.94. The van der Waals surface area contributed by atoms with Crippen molar-refractivity contribution in [1.29, 1.82) is 0 Å². The number of nitrogens with zero attached hydrogens (tertiary/aromatic N) is 4. The van der Waals surface area contributed by atoms with Crippen molar-refractivity contribution in [2.24, 2.45) is 0 Å². The van der Waals surface area contributed by atoms with E-state index in [-0.39, 0.29) is 0 Å². The zero-order valence-electron chi connectivity index (χ0n) is 10.7. The fourth-order valence-electron chi connectivity index (χ4n) is 2.25. The topological polar surface area (TPSA) is 69.6 Å². The normalized spacial score (nSPS) is 15.7. The molecule has 0 bridgehead atoms. The highest BCUT2D eigenvalue weighted by atomic mass is 79.9. The molecule has 104 valence electrons.